The molecule has 0 saturated carbocycles. The van der Waals surface area contributed by atoms with E-state index in [1.54, 1.807) is 6.07 Å². The Morgan fingerprint density at radius 2 is 2.06 bits per heavy atom. The molecule has 0 amide bonds. The lowest BCUT2D eigenvalue weighted by Gasteiger charge is -2.36. The third-order valence-corrected chi connectivity index (χ3v) is 5.05. The van der Waals surface area contributed by atoms with Gasteiger partial charge in [-0.1, -0.05) is 39.7 Å². The van der Waals surface area contributed by atoms with E-state index in [4.69, 9.17) is 16.3 Å². The second-order valence-electron chi connectivity index (χ2n) is 4.64. The zero-order valence-electron chi connectivity index (χ0n) is 9.52. The third kappa shape index (κ3) is 3.01. The smallest absolute Gasteiger partial charge is 0.142 e. The van der Waals surface area contributed by atoms with Gasteiger partial charge in [-0.25, -0.2) is 4.39 Å². The lowest BCUT2D eigenvalue weighted by Crippen LogP contribution is -2.33. The van der Waals surface area contributed by atoms with Crippen LogP contribution in [0.25, 0.3) is 0 Å². The molecule has 0 radical (unpaired) electrons. The fraction of sp³-hybridized carbons (Fsp3) is 0.538. The summed E-state index contributed by atoms with van der Waals surface area (Å²) in [5.41, 5.74) is 1.04. The summed E-state index contributed by atoms with van der Waals surface area (Å²) in [6.07, 6.45) is 2.79. The van der Waals surface area contributed by atoms with Crippen molar-refractivity contribution in [2.45, 2.75) is 19.3 Å². The van der Waals surface area contributed by atoms with Gasteiger partial charge in [0.05, 0.1) is 5.02 Å². The molecule has 2 rings (SSSR count). The number of alkyl halides is 1. The van der Waals surface area contributed by atoms with Crippen molar-refractivity contribution in [2.24, 2.45) is 5.41 Å². The molecule has 1 aromatic carbocycles. The lowest BCUT2D eigenvalue weighted by molar-refractivity contribution is 0.0269. The average molecular weight is 322 g/mol. The molecule has 0 atom stereocenters. The number of halogens is 3. The molecule has 0 N–H and O–H groups in total. The molecule has 17 heavy (non-hydrogen) atoms. The Kier molecular flexibility index (Phi) is 4.45. The molecule has 1 fully saturated rings. The molecule has 4 heteroatoms. The van der Waals surface area contributed by atoms with Crippen molar-refractivity contribution in [1.82, 2.24) is 0 Å². The first-order valence-corrected chi connectivity index (χ1v) is 7.23. The van der Waals surface area contributed by atoms with Crippen LogP contribution in [0.1, 0.15) is 18.4 Å². The summed E-state index contributed by atoms with van der Waals surface area (Å²) in [7, 11) is 0. The van der Waals surface area contributed by atoms with E-state index in [0.717, 1.165) is 43.4 Å². The minimum absolute atomic E-state index is 0.148. The monoisotopic (exact) mass is 320 g/mol. The normalized spacial score (nSPS) is 19.2. The topological polar surface area (TPSA) is 9.23 Å². The molecule has 1 aliphatic heterocycles. The maximum absolute atomic E-state index is 13.4. The lowest BCUT2D eigenvalue weighted by atomic mass is 9.77. The molecule has 0 aliphatic carbocycles. The maximum atomic E-state index is 13.4. The molecule has 0 aromatic heterocycles. The highest BCUT2D eigenvalue weighted by Crippen LogP contribution is 2.38. The van der Waals surface area contributed by atoms with Crippen molar-refractivity contribution < 1.29 is 9.13 Å². The van der Waals surface area contributed by atoms with Gasteiger partial charge in [0, 0.05) is 18.5 Å². The van der Waals surface area contributed by atoms with E-state index in [2.05, 4.69) is 15.9 Å². The molecule has 94 valence electrons. The molecule has 0 unspecified atom stereocenters. The summed E-state index contributed by atoms with van der Waals surface area (Å²) in [5, 5.41) is 1.16. The first-order valence-electron chi connectivity index (χ1n) is 5.73. The van der Waals surface area contributed by atoms with Gasteiger partial charge in [-0.05, 0) is 36.3 Å². The molecule has 1 nitrogen and oxygen atoms in total. The summed E-state index contributed by atoms with van der Waals surface area (Å²) in [4.78, 5) is 0. The van der Waals surface area contributed by atoms with Crippen LogP contribution in [0.5, 0.6) is 0 Å². The average Bonchev–Trinajstić information content (AvgIpc) is 2.36. The Morgan fingerprint density at radius 3 is 2.71 bits per heavy atom. The summed E-state index contributed by atoms with van der Waals surface area (Å²) < 4.78 is 18.8. The highest BCUT2D eigenvalue weighted by molar-refractivity contribution is 9.09. The molecule has 1 aromatic rings. The van der Waals surface area contributed by atoms with Gasteiger partial charge in [-0.15, -0.1) is 0 Å². The largest absolute Gasteiger partial charge is 0.381 e. The first-order chi connectivity index (χ1) is 8.17. The van der Waals surface area contributed by atoms with Crippen LogP contribution in [0.2, 0.25) is 5.02 Å². The van der Waals surface area contributed by atoms with E-state index in [1.807, 2.05) is 6.07 Å². The van der Waals surface area contributed by atoms with E-state index >= 15 is 0 Å². The predicted molar refractivity (Wildman–Crippen MR) is 71.4 cm³/mol. The van der Waals surface area contributed by atoms with E-state index in [9.17, 15) is 4.39 Å². The number of hydrogen-bond donors (Lipinski definition) is 0. The van der Waals surface area contributed by atoms with Gasteiger partial charge in [0.2, 0.25) is 0 Å². The highest BCUT2D eigenvalue weighted by Gasteiger charge is 2.32. The van der Waals surface area contributed by atoms with Crippen LogP contribution in [0, 0.1) is 11.2 Å². The van der Waals surface area contributed by atoms with Crippen LogP contribution in [-0.4, -0.2) is 18.5 Å². The van der Waals surface area contributed by atoms with Crippen molar-refractivity contribution in [3.8, 4) is 0 Å². The van der Waals surface area contributed by atoms with Gasteiger partial charge in [0.25, 0.3) is 0 Å². The Labute approximate surface area is 114 Å². The van der Waals surface area contributed by atoms with E-state index in [0.29, 0.717) is 0 Å². The molecular weight excluding hydrogens is 306 g/mol. The van der Waals surface area contributed by atoms with E-state index in [1.165, 1.54) is 6.07 Å². The van der Waals surface area contributed by atoms with Gasteiger partial charge in [0.15, 0.2) is 0 Å². The van der Waals surface area contributed by atoms with Gasteiger partial charge in [-0.2, -0.15) is 0 Å². The minimum atomic E-state index is -0.332. The van der Waals surface area contributed by atoms with E-state index < -0.39 is 0 Å². The first kappa shape index (κ1) is 13.3. The fourth-order valence-electron chi connectivity index (χ4n) is 2.25. The van der Waals surface area contributed by atoms with Crippen molar-refractivity contribution >= 4 is 27.5 Å². The van der Waals surface area contributed by atoms with Crippen LogP contribution in [0.3, 0.4) is 0 Å². The third-order valence-electron chi connectivity index (χ3n) is 3.43. The summed E-state index contributed by atoms with van der Waals surface area (Å²) in [6.45, 7) is 1.55. The zero-order valence-corrected chi connectivity index (χ0v) is 11.9. The van der Waals surface area contributed by atoms with Crippen molar-refractivity contribution in [3.05, 3.63) is 34.6 Å². The summed E-state index contributed by atoms with van der Waals surface area (Å²) in [6, 6.07) is 5.03. The second-order valence-corrected chi connectivity index (χ2v) is 5.57. The Bertz CT molecular complexity index is 391. The Hall–Kier alpha value is -0.120. The number of benzene rings is 1. The molecular formula is C13H15BrClFO. The van der Waals surface area contributed by atoms with Crippen LogP contribution in [-0.2, 0) is 11.2 Å². The number of hydrogen-bond acceptors (Lipinski definition) is 1. The van der Waals surface area contributed by atoms with Gasteiger partial charge >= 0.3 is 0 Å². The minimum Gasteiger partial charge on any atom is -0.381 e. The summed E-state index contributed by atoms with van der Waals surface area (Å²) >= 11 is 9.59. The number of rotatable bonds is 3. The van der Waals surface area contributed by atoms with Crippen LogP contribution in [0.4, 0.5) is 4.39 Å². The molecule has 1 heterocycles. The quantitative estimate of drug-likeness (QED) is 0.758. The van der Waals surface area contributed by atoms with Crippen molar-refractivity contribution in [2.75, 3.05) is 18.5 Å². The fourth-order valence-corrected chi connectivity index (χ4v) is 3.20. The predicted octanol–water partition coefficient (Wildman–Crippen LogP) is 4.21. The molecule has 1 aliphatic rings. The van der Waals surface area contributed by atoms with Crippen LogP contribution in [0.15, 0.2) is 18.2 Å². The van der Waals surface area contributed by atoms with Gasteiger partial charge in [-0.3, -0.25) is 0 Å². The van der Waals surface area contributed by atoms with Gasteiger partial charge < -0.3 is 4.74 Å². The van der Waals surface area contributed by atoms with Crippen LogP contribution >= 0.6 is 27.5 Å². The number of ether oxygens (including phenoxy) is 1. The molecule has 1 saturated heterocycles. The SMILES string of the molecule is Fc1cccc(CC2(CBr)CCOCC2)c1Cl. The van der Waals surface area contributed by atoms with E-state index in [-0.39, 0.29) is 16.3 Å². The highest BCUT2D eigenvalue weighted by atomic mass is 79.9. The van der Waals surface area contributed by atoms with Crippen molar-refractivity contribution in [3.63, 3.8) is 0 Å². The molecule has 0 bridgehead atoms. The summed E-state index contributed by atoms with van der Waals surface area (Å²) in [5.74, 6) is -0.332. The standard InChI is InChI=1S/C13H15BrClFO/c14-9-13(4-6-17-7-5-13)8-10-2-1-3-11(16)12(10)15/h1-3H,4-9H2. The van der Waals surface area contributed by atoms with Gasteiger partial charge in [0.1, 0.15) is 5.82 Å². The zero-order chi connectivity index (χ0) is 12.3. The molecule has 0 spiro atoms. The Morgan fingerprint density at radius 1 is 1.35 bits per heavy atom. The van der Waals surface area contributed by atoms with Crippen LogP contribution < -0.4 is 0 Å². The van der Waals surface area contributed by atoms with Crippen molar-refractivity contribution in [1.29, 1.82) is 0 Å². The maximum Gasteiger partial charge on any atom is 0.142 e. The second kappa shape index (κ2) is 5.68. The Balaban J connectivity index is 2.20.